The average Bonchev–Trinajstić information content (AvgIpc) is 2.50. The number of rotatable bonds is 3. The van der Waals surface area contributed by atoms with Crippen LogP contribution in [-0.2, 0) is 11.2 Å². The standard InChI is InChI=1S/C7H4F3NO3S/c8-7(9,10)5(12)3-4-1-2-6(15-4)11(13)14/h1-2H,3H2. The quantitative estimate of drug-likeness (QED) is 0.600. The third kappa shape index (κ3) is 3.01. The molecule has 0 aliphatic rings. The number of halogens is 3. The van der Waals surface area contributed by atoms with Gasteiger partial charge in [-0.05, 0) is 6.07 Å². The predicted octanol–water partition coefficient (Wildman–Crippen LogP) is 2.33. The smallest absolute Gasteiger partial charge is 0.289 e. The average molecular weight is 239 g/mol. The Morgan fingerprint density at radius 2 is 2.07 bits per heavy atom. The second-order valence-electron chi connectivity index (χ2n) is 2.59. The summed E-state index contributed by atoms with van der Waals surface area (Å²) >= 11 is 0.566. The molecule has 1 heterocycles. The fraction of sp³-hybridized carbons (Fsp3) is 0.286. The second-order valence-corrected chi connectivity index (χ2v) is 3.74. The normalized spacial score (nSPS) is 11.4. The lowest BCUT2D eigenvalue weighted by molar-refractivity contribution is -0.380. The van der Waals surface area contributed by atoms with Gasteiger partial charge in [-0.1, -0.05) is 11.3 Å². The van der Waals surface area contributed by atoms with Crippen LogP contribution in [0.15, 0.2) is 12.1 Å². The number of hydrogen-bond donors (Lipinski definition) is 0. The lowest BCUT2D eigenvalue weighted by atomic mass is 10.2. The Morgan fingerprint density at radius 3 is 2.47 bits per heavy atom. The van der Waals surface area contributed by atoms with Crippen molar-refractivity contribution in [3.63, 3.8) is 0 Å². The number of carbonyl (C=O) groups is 1. The van der Waals surface area contributed by atoms with Gasteiger partial charge in [0.2, 0.25) is 5.78 Å². The van der Waals surface area contributed by atoms with Crippen LogP contribution in [0.4, 0.5) is 18.2 Å². The molecular formula is C7H4F3NO3S. The zero-order valence-electron chi connectivity index (χ0n) is 7.08. The summed E-state index contributed by atoms with van der Waals surface area (Å²) in [6, 6.07) is 2.22. The SMILES string of the molecule is O=C(Cc1ccc([N+](=O)[O-])s1)C(F)(F)F. The van der Waals surface area contributed by atoms with E-state index in [1.807, 2.05) is 0 Å². The molecule has 8 heteroatoms. The molecule has 0 atom stereocenters. The molecule has 0 unspecified atom stereocenters. The minimum Gasteiger partial charge on any atom is -0.289 e. The van der Waals surface area contributed by atoms with Gasteiger partial charge in [0.1, 0.15) is 0 Å². The van der Waals surface area contributed by atoms with Crippen molar-refractivity contribution in [1.82, 2.24) is 0 Å². The summed E-state index contributed by atoms with van der Waals surface area (Å²) in [6.45, 7) is 0. The molecule has 15 heavy (non-hydrogen) atoms. The zero-order valence-corrected chi connectivity index (χ0v) is 7.89. The van der Waals surface area contributed by atoms with Crippen molar-refractivity contribution in [3.05, 3.63) is 27.1 Å². The maximum absolute atomic E-state index is 11.8. The van der Waals surface area contributed by atoms with Gasteiger partial charge < -0.3 is 0 Å². The Labute approximate surface area is 85.5 Å². The largest absolute Gasteiger partial charge is 0.450 e. The molecule has 0 aliphatic carbocycles. The highest BCUT2D eigenvalue weighted by molar-refractivity contribution is 7.15. The summed E-state index contributed by atoms with van der Waals surface area (Å²) in [5, 5.41) is 9.93. The molecule has 1 aromatic rings. The Kier molecular flexibility index (Phi) is 3.08. The molecule has 0 aliphatic heterocycles. The minimum absolute atomic E-state index is 0.0315. The van der Waals surface area contributed by atoms with Crippen LogP contribution >= 0.6 is 11.3 Å². The summed E-state index contributed by atoms with van der Waals surface area (Å²) < 4.78 is 35.5. The Bertz CT molecular complexity index is 398. The first-order valence-corrected chi connectivity index (χ1v) is 4.45. The van der Waals surface area contributed by atoms with Crippen molar-refractivity contribution >= 4 is 22.1 Å². The van der Waals surface area contributed by atoms with E-state index in [1.54, 1.807) is 0 Å². The van der Waals surface area contributed by atoms with Crippen molar-refractivity contribution in [2.75, 3.05) is 0 Å². The van der Waals surface area contributed by atoms with Gasteiger partial charge in [-0.25, -0.2) is 0 Å². The first-order valence-electron chi connectivity index (χ1n) is 3.64. The fourth-order valence-corrected chi connectivity index (χ4v) is 1.64. The van der Waals surface area contributed by atoms with Crippen LogP contribution in [0, 0.1) is 10.1 Å². The summed E-state index contributed by atoms with van der Waals surface area (Å²) in [5.74, 6) is -1.90. The van der Waals surface area contributed by atoms with Gasteiger partial charge >= 0.3 is 11.2 Å². The number of hydrogen-bond acceptors (Lipinski definition) is 4. The number of carbonyl (C=O) groups excluding carboxylic acids is 1. The van der Waals surface area contributed by atoms with E-state index in [2.05, 4.69) is 0 Å². The van der Waals surface area contributed by atoms with Crippen LogP contribution in [-0.4, -0.2) is 16.9 Å². The van der Waals surface area contributed by atoms with E-state index >= 15 is 0 Å². The van der Waals surface area contributed by atoms with E-state index in [-0.39, 0.29) is 9.88 Å². The molecule has 0 saturated heterocycles. The van der Waals surface area contributed by atoms with Crippen LogP contribution in [0.2, 0.25) is 0 Å². The van der Waals surface area contributed by atoms with Crippen molar-refractivity contribution in [2.45, 2.75) is 12.6 Å². The van der Waals surface area contributed by atoms with Gasteiger partial charge in [0.25, 0.3) is 0 Å². The molecule has 0 aromatic carbocycles. The van der Waals surface area contributed by atoms with Gasteiger partial charge in [-0.3, -0.25) is 14.9 Å². The molecule has 0 N–H and O–H groups in total. The molecular weight excluding hydrogens is 235 g/mol. The van der Waals surface area contributed by atoms with Crippen molar-refractivity contribution in [1.29, 1.82) is 0 Å². The lowest BCUT2D eigenvalue weighted by Crippen LogP contribution is -2.24. The van der Waals surface area contributed by atoms with Crippen molar-refractivity contribution in [3.8, 4) is 0 Å². The number of thiophene rings is 1. The monoisotopic (exact) mass is 239 g/mol. The number of Topliss-reactive ketones (excluding diaryl/α,β-unsaturated/α-hetero) is 1. The molecule has 0 amide bonds. The molecule has 0 saturated carbocycles. The van der Waals surface area contributed by atoms with E-state index in [1.165, 1.54) is 0 Å². The second kappa shape index (κ2) is 3.97. The minimum atomic E-state index is -4.89. The van der Waals surface area contributed by atoms with Gasteiger partial charge in [0, 0.05) is 10.9 Å². The first-order chi connectivity index (χ1) is 6.80. The third-order valence-electron chi connectivity index (χ3n) is 1.48. The molecule has 0 spiro atoms. The lowest BCUT2D eigenvalue weighted by Gasteiger charge is -2.02. The molecule has 0 fully saturated rings. The highest BCUT2D eigenvalue weighted by Crippen LogP contribution is 2.26. The molecule has 4 nitrogen and oxygen atoms in total. The summed E-state index contributed by atoms with van der Waals surface area (Å²) in [4.78, 5) is 20.0. The number of alkyl halides is 3. The van der Waals surface area contributed by atoms with Crippen LogP contribution in [0.5, 0.6) is 0 Å². The van der Waals surface area contributed by atoms with Gasteiger partial charge in [0.15, 0.2) is 0 Å². The summed E-state index contributed by atoms with van der Waals surface area (Å²) in [6.07, 6.45) is -5.74. The van der Waals surface area contributed by atoms with E-state index in [9.17, 15) is 28.1 Å². The topological polar surface area (TPSA) is 60.2 Å². The Hall–Kier alpha value is -1.44. The predicted molar refractivity (Wildman–Crippen MR) is 45.7 cm³/mol. The van der Waals surface area contributed by atoms with Crippen molar-refractivity contribution in [2.24, 2.45) is 0 Å². The van der Waals surface area contributed by atoms with E-state index in [0.717, 1.165) is 12.1 Å². The highest BCUT2D eigenvalue weighted by atomic mass is 32.1. The van der Waals surface area contributed by atoms with Crippen LogP contribution < -0.4 is 0 Å². The molecule has 0 radical (unpaired) electrons. The van der Waals surface area contributed by atoms with Gasteiger partial charge in [0.05, 0.1) is 11.3 Å². The van der Waals surface area contributed by atoms with E-state index in [0.29, 0.717) is 11.3 Å². The summed E-state index contributed by atoms with van der Waals surface area (Å²) in [5.41, 5.74) is 0. The molecule has 0 bridgehead atoms. The Morgan fingerprint density at radius 1 is 1.47 bits per heavy atom. The number of ketones is 1. The number of nitro groups is 1. The maximum Gasteiger partial charge on any atom is 0.450 e. The molecule has 1 aromatic heterocycles. The third-order valence-corrected chi connectivity index (χ3v) is 2.52. The molecule has 82 valence electrons. The van der Waals surface area contributed by atoms with Crippen LogP contribution in [0.1, 0.15) is 4.88 Å². The highest BCUT2D eigenvalue weighted by Gasteiger charge is 2.38. The van der Waals surface area contributed by atoms with E-state index in [4.69, 9.17) is 0 Å². The zero-order chi connectivity index (χ0) is 11.6. The van der Waals surface area contributed by atoms with Gasteiger partial charge in [-0.15, -0.1) is 0 Å². The first kappa shape index (κ1) is 11.6. The maximum atomic E-state index is 11.8. The Balaban J connectivity index is 2.74. The van der Waals surface area contributed by atoms with Crippen molar-refractivity contribution < 1.29 is 22.9 Å². The fourth-order valence-electron chi connectivity index (χ4n) is 0.818. The number of nitrogens with zero attached hydrogens (tertiary/aromatic N) is 1. The van der Waals surface area contributed by atoms with Gasteiger partial charge in [-0.2, -0.15) is 13.2 Å². The molecule has 1 rings (SSSR count). The van der Waals surface area contributed by atoms with Crippen LogP contribution in [0.25, 0.3) is 0 Å². The van der Waals surface area contributed by atoms with E-state index < -0.39 is 23.3 Å². The van der Waals surface area contributed by atoms with Crippen LogP contribution in [0.3, 0.4) is 0 Å². The summed E-state index contributed by atoms with van der Waals surface area (Å²) in [7, 11) is 0.